The first-order chi connectivity index (χ1) is 12.6. The van der Waals surface area contributed by atoms with Crippen LogP contribution in [0.3, 0.4) is 0 Å². The summed E-state index contributed by atoms with van der Waals surface area (Å²) in [6.07, 6.45) is 0.725. The van der Waals surface area contributed by atoms with Crippen LogP contribution in [0.5, 0.6) is 11.5 Å². The van der Waals surface area contributed by atoms with Gasteiger partial charge in [-0.2, -0.15) is 0 Å². The van der Waals surface area contributed by atoms with Crippen molar-refractivity contribution in [2.24, 2.45) is 0 Å². The fourth-order valence-electron chi connectivity index (χ4n) is 2.68. The molecule has 0 unspecified atom stereocenters. The molecular formula is C19H20BNO6. The molecule has 0 atom stereocenters. The molecular weight excluding hydrogens is 349 g/mol. The molecule has 1 fully saturated rings. The number of nitro benzene ring substituents is 1. The lowest BCUT2D eigenvalue weighted by molar-refractivity contribution is -0.384. The highest BCUT2D eigenvalue weighted by Gasteiger charge is 2.52. The predicted molar refractivity (Wildman–Crippen MR) is 101 cm³/mol. The molecule has 3 rings (SSSR count). The summed E-state index contributed by atoms with van der Waals surface area (Å²) in [5.74, 6) is 0.868. The fraction of sp³-hybridized carbons (Fsp3) is 0.316. The van der Waals surface area contributed by atoms with Gasteiger partial charge in [0.15, 0.2) is 0 Å². The van der Waals surface area contributed by atoms with Crippen LogP contribution in [0.1, 0.15) is 38.1 Å². The smallest absolute Gasteiger partial charge is 0.457 e. The molecule has 2 aromatic carbocycles. The largest absolute Gasteiger partial charge is 0.495 e. The number of hydrogen-bond donors (Lipinski definition) is 0. The van der Waals surface area contributed by atoms with Crippen LogP contribution in [0.2, 0.25) is 0 Å². The van der Waals surface area contributed by atoms with Crippen molar-refractivity contribution in [2.45, 2.75) is 38.9 Å². The standard InChI is InChI=1S/C19H20BNO6/c1-18(2)19(3,4)27-20(26-18)17-10-9-16(11-13(17)12-22)25-15-7-5-14(6-8-15)21(23)24/h5-12H,1-4H3. The van der Waals surface area contributed by atoms with Gasteiger partial charge in [-0.1, -0.05) is 6.07 Å². The van der Waals surface area contributed by atoms with E-state index < -0.39 is 23.2 Å². The van der Waals surface area contributed by atoms with E-state index in [1.165, 1.54) is 24.3 Å². The number of hydrogen-bond acceptors (Lipinski definition) is 6. The average Bonchev–Trinajstić information content (AvgIpc) is 2.82. The topological polar surface area (TPSA) is 87.9 Å². The van der Waals surface area contributed by atoms with E-state index in [1.54, 1.807) is 18.2 Å². The van der Waals surface area contributed by atoms with E-state index in [2.05, 4.69) is 0 Å². The molecule has 1 aliphatic rings. The number of carbonyl (C=O) groups excluding carboxylic acids is 1. The third-order valence-electron chi connectivity index (χ3n) is 4.98. The van der Waals surface area contributed by atoms with Gasteiger partial charge in [0.1, 0.15) is 17.8 Å². The van der Waals surface area contributed by atoms with Gasteiger partial charge in [-0.15, -0.1) is 0 Å². The van der Waals surface area contributed by atoms with Crippen LogP contribution in [-0.4, -0.2) is 29.5 Å². The first kappa shape index (κ1) is 19.1. The SMILES string of the molecule is CC1(C)OB(c2ccc(Oc3ccc([N+](=O)[O-])cc3)cc2C=O)OC1(C)C. The Kier molecular flexibility index (Phi) is 4.80. The average molecular weight is 369 g/mol. The summed E-state index contributed by atoms with van der Waals surface area (Å²) in [6.45, 7) is 7.78. The monoisotopic (exact) mass is 369 g/mol. The lowest BCUT2D eigenvalue weighted by Gasteiger charge is -2.32. The number of nitro groups is 1. The van der Waals surface area contributed by atoms with Gasteiger partial charge in [0.2, 0.25) is 0 Å². The number of aldehydes is 1. The lowest BCUT2D eigenvalue weighted by Crippen LogP contribution is -2.41. The summed E-state index contributed by atoms with van der Waals surface area (Å²) in [5.41, 5.74) is -0.0167. The number of ether oxygens (including phenoxy) is 1. The molecule has 0 spiro atoms. The molecule has 27 heavy (non-hydrogen) atoms. The summed E-state index contributed by atoms with van der Waals surface area (Å²) in [7, 11) is -0.649. The van der Waals surface area contributed by atoms with Gasteiger partial charge in [-0.3, -0.25) is 14.9 Å². The zero-order valence-electron chi connectivity index (χ0n) is 15.6. The molecule has 7 nitrogen and oxygen atoms in total. The summed E-state index contributed by atoms with van der Waals surface area (Å²) in [4.78, 5) is 21.8. The maximum atomic E-state index is 11.6. The van der Waals surface area contributed by atoms with Gasteiger partial charge in [-0.25, -0.2) is 0 Å². The van der Waals surface area contributed by atoms with Crippen LogP contribution in [-0.2, 0) is 9.31 Å². The van der Waals surface area contributed by atoms with Gasteiger partial charge < -0.3 is 14.0 Å². The molecule has 2 aromatic rings. The summed E-state index contributed by atoms with van der Waals surface area (Å²) in [6, 6.07) is 10.7. The van der Waals surface area contributed by atoms with Crippen molar-refractivity contribution >= 4 is 24.6 Å². The molecule has 0 bridgehead atoms. The lowest BCUT2D eigenvalue weighted by atomic mass is 9.76. The molecule has 0 aromatic heterocycles. The van der Waals surface area contributed by atoms with Crippen molar-refractivity contribution < 1.29 is 23.8 Å². The Labute approximate surface area is 157 Å². The maximum absolute atomic E-state index is 11.6. The third-order valence-corrected chi connectivity index (χ3v) is 4.98. The quantitative estimate of drug-likeness (QED) is 0.347. The van der Waals surface area contributed by atoms with E-state index in [0.29, 0.717) is 22.5 Å². The van der Waals surface area contributed by atoms with Gasteiger partial charge in [-0.05, 0) is 57.4 Å². The second-order valence-corrected chi connectivity index (χ2v) is 7.35. The Hall–Kier alpha value is -2.71. The van der Waals surface area contributed by atoms with E-state index >= 15 is 0 Å². The Morgan fingerprint density at radius 1 is 1.00 bits per heavy atom. The third kappa shape index (κ3) is 3.72. The van der Waals surface area contributed by atoms with Crippen molar-refractivity contribution in [1.29, 1.82) is 0 Å². The Morgan fingerprint density at radius 3 is 2.07 bits per heavy atom. The van der Waals surface area contributed by atoms with Gasteiger partial charge in [0.05, 0.1) is 16.1 Å². The second-order valence-electron chi connectivity index (χ2n) is 7.35. The van der Waals surface area contributed by atoms with E-state index in [1.807, 2.05) is 27.7 Å². The zero-order valence-corrected chi connectivity index (χ0v) is 15.6. The first-order valence-corrected chi connectivity index (χ1v) is 8.50. The normalized spacial score (nSPS) is 17.6. The van der Waals surface area contributed by atoms with Gasteiger partial charge in [0, 0.05) is 17.7 Å². The van der Waals surface area contributed by atoms with Crippen molar-refractivity contribution in [1.82, 2.24) is 0 Å². The number of rotatable bonds is 5. The summed E-state index contributed by atoms with van der Waals surface area (Å²) >= 11 is 0. The number of benzene rings is 2. The molecule has 0 radical (unpaired) electrons. The van der Waals surface area contributed by atoms with Crippen LogP contribution >= 0.6 is 0 Å². The molecule has 0 aliphatic carbocycles. The minimum atomic E-state index is -0.649. The van der Waals surface area contributed by atoms with Crippen LogP contribution in [0, 0.1) is 10.1 Å². The second kappa shape index (κ2) is 6.79. The predicted octanol–water partition coefficient (Wildman–Crippen LogP) is 3.50. The van der Waals surface area contributed by atoms with Gasteiger partial charge >= 0.3 is 7.12 Å². The summed E-state index contributed by atoms with van der Waals surface area (Å²) < 4.78 is 17.7. The number of nitrogens with zero attached hydrogens (tertiary/aromatic N) is 1. The molecule has 0 N–H and O–H groups in total. The minimum Gasteiger partial charge on any atom is -0.457 e. The van der Waals surface area contributed by atoms with Crippen LogP contribution in [0.4, 0.5) is 5.69 Å². The maximum Gasteiger partial charge on any atom is 0.495 e. The number of non-ortho nitro benzene ring substituents is 1. The van der Waals surface area contributed by atoms with E-state index in [9.17, 15) is 14.9 Å². The molecule has 0 amide bonds. The molecule has 8 heteroatoms. The van der Waals surface area contributed by atoms with Gasteiger partial charge in [0.25, 0.3) is 5.69 Å². The highest BCUT2D eigenvalue weighted by molar-refractivity contribution is 6.63. The van der Waals surface area contributed by atoms with E-state index in [0.717, 1.165) is 6.29 Å². The van der Waals surface area contributed by atoms with Crippen molar-refractivity contribution in [2.75, 3.05) is 0 Å². The molecule has 1 aliphatic heterocycles. The zero-order chi connectivity index (χ0) is 19.8. The minimum absolute atomic E-state index is 0.0213. The molecule has 140 valence electrons. The molecule has 1 saturated heterocycles. The molecule has 1 heterocycles. The Balaban J connectivity index is 1.83. The van der Waals surface area contributed by atoms with Crippen LogP contribution in [0.15, 0.2) is 42.5 Å². The van der Waals surface area contributed by atoms with Crippen LogP contribution < -0.4 is 10.2 Å². The molecule has 0 saturated carbocycles. The highest BCUT2D eigenvalue weighted by atomic mass is 16.7. The first-order valence-electron chi connectivity index (χ1n) is 8.50. The number of carbonyl (C=O) groups is 1. The Morgan fingerprint density at radius 2 is 1.56 bits per heavy atom. The van der Waals surface area contributed by atoms with Crippen molar-refractivity contribution in [3.8, 4) is 11.5 Å². The fourth-order valence-corrected chi connectivity index (χ4v) is 2.68. The van der Waals surface area contributed by atoms with Crippen molar-refractivity contribution in [3.63, 3.8) is 0 Å². The summed E-state index contributed by atoms with van der Waals surface area (Å²) in [5, 5.41) is 10.7. The van der Waals surface area contributed by atoms with Crippen LogP contribution in [0.25, 0.3) is 0 Å². The van der Waals surface area contributed by atoms with E-state index in [4.69, 9.17) is 14.0 Å². The Bertz CT molecular complexity index is 862. The van der Waals surface area contributed by atoms with Crippen molar-refractivity contribution in [3.05, 3.63) is 58.1 Å². The highest BCUT2D eigenvalue weighted by Crippen LogP contribution is 2.37. The van der Waals surface area contributed by atoms with E-state index in [-0.39, 0.29) is 5.69 Å².